The maximum Gasteiger partial charge on any atom is 0.0589 e. The molecule has 4 heteroatoms. The lowest BCUT2D eigenvalue weighted by molar-refractivity contribution is 1.72. The number of hydrogen-bond acceptors (Lipinski definition) is 4. The molecule has 0 saturated heterocycles. The summed E-state index contributed by atoms with van der Waals surface area (Å²) in [5.74, 6) is 0. The lowest BCUT2D eigenvalue weighted by Gasteiger charge is -1.81. The second-order valence-electron chi connectivity index (χ2n) is 1.10. The first-order valence-electron chi connectivity index (χ1n) is 1.72. The standard InChI is InChI=1S/C3H4S4/c1-2-3(4)6-7-5-2/h4H,1H3. The topological polar surface area (TPSA) is 0 Å². The molecule has 1 aliphatic rings. The van der Waals surface area contributed by atoms with Gasteiger partial charge in [0.25, 0.3) is 0 Å². The van der Waals surface area contributed by atoms with E-state index in [2.05, 4.69) is 19.6 Å². The molecular formula is C3H4S4. The van der Waals surface area contributed by atoms with Crippen LogP contribution in [0.4, 0.5) is 0 Å². The molecule has 0 saturated carbocycles. The summed E-state index contributed by atoms with van der Waals surface area (Å²) >= 11 is 4.19. The van der Waals surface area contributed by atoms with E-state index in [1.807, 2.05) is 0 Å². The van der Waals surface area contributed by atoms with E-state index in [0.717, 1.165) is 4.24 Å². The maximum atomic E-state index is 4.19. The van der Waals surface area contributed by atoms with Crippen LogP contribution in [0.3, 0.4) is 0 Å². The van der Waals surface area contributed by atoms with Crippen LogP contribution in [0.2, 0.25) is 0 Å². The Morgan fingerprint density at radius 2 is 2.14 bits per heavy atom. The van der Waals surface area contributed by atoms with Gasteiger partial charge in [0.15, 0.2) is 0 Å². The Bertz CT molecular complexity index is 93.5. The highest BCUT2D eigenvalue weighted by Crippen LogP contribution is 2.54. The molecule has 0 nitrogen and oxygen atoms in total. The van der Waals surface area contributed by atoms with Gasteiger partial charge in [-0.05, 0) is 38.3 Å². The Morgan fingerprint density at radius 3 is 2.29 bits per heavy atom. The van der Waals surface area contributed by atoms with Crippen molar-refractivity contribution in [3.8, 4) is 0 Å². The quantitative estimate of drug-likeness (QED) is 0.436. The molecule has 0 atom stereocenters. The maximum absolute atomic E-state index is 4.19. The van der Waals surface area contributed by atoms with Gasteiger partial charge in [-0.15, -0.1) is 12.6 Å². The van der Waals surface area contributed by atoms with E-state index in [-0.39, 0.29) is 0 Å². The van der Waals surface area contributed by atoms with Crippen LogP contribution in [0, 0.1) is 0 Å². The van der Waals surface area contributed by atoms with Crippen LogP contribution < -0.4 is 0 Å². The lowest BCUT2D eigenvalue weighted by Crippen LogP contribution is -1.54. The van der Waals surface area contributed by atoms with Crippen molar-refractivity contribution in [1.29, 1.82) is 0 Å². The van der Waals surface area contributed by atoms with Crippen molar-refractivity contribution in [1.82, 2.24) is 0 Å². The molecule has 0 radical (unpaired) electrons. The second kappa shape index (κ2) is 2.62. The summed E-state index contributed by atoms with van der Waals surface area (Å²) in [5, 5.41) is 0. The Labute approximate surface area is 60.1 Å². The van der Waals surface area contributed by atoms with Crippen molar-refractivity contribution in [3.05, 3.63) is 9.14 Å². The summed E-state index contributed by atoms with van der Waals surface area (Å²) in [7, 11) is 5.29. The molecule has 1 heterocycles. The molecule has 1 aliphatic heterocycles. The molecule has 40 valence electrons. The van der Waals surface area contributed by atoms with Gasteiger partial charge in [0.1, 0.15) is 0 Å². The van der Waals surface area contributed by atoms with Crippen molar-refractivity contribution in [2.24, 2.45) is 0 Å². The SMILES string of the molecule is CC1=C(S)SSS1. The van der Waals surface area contributed by atoms with Crippen molar-refractivity contribution < 1.29 is 0 Å². The molecule has 0 aromatic carbocycles. The van der Waals surface area contributed by atoms with Gasteiger partial charge in [0.2, 0.25) is 0 Å². The largest absolute Gasteiger partial charge is 0.135 e. The zero-order valence-corrected chi connectivity index (χ0v) is 7.02. The van der Waals surface area contributed by atoms with Crippen LogP contribution in [0.1, 0.15) is 6.92 Å². The summed E-state index contributed by atoms with van der Waals surface area (Å²) < 4.78 is 1.16. The minimum Gasteiger partial charge on any atom is -0.135 e. The van der Waals surface area contributed by atoms with Crippen LogP contribution in [-0.4, -0.2) is 0 Å². The number of allylic oxidation sites excluding steroid dienone is 1. The lowest BCUT2D eigenvalue weighted by atomic mass is 10.7. The van der Waals surface area contributed by atoms with E-state index in [1.165, 1.54) is 4.91 Å². The van der Waals surface area contributed by atoms with Crippen molar-refractivity contribution in [2.75, 3.05) is 0 Å². The molecule has 0 aromatic rings. The van der Waals surface area contributed by atoms with E-state index in [4.69, 9.17) is 0 Å². The predicted octanol–water partition coefficient (Wildman–Crippen LogP) is 3.15. The minimum atomic E-state index is 1.16. The molecule has 0 amide bonds. The molecule has 0 aliphatic carbocycles. The number of thiol groups is 1. The van der Waals surface area contributed by atoms with Gasteiger partial charge < -0.3 is 0 Å². The molecule has 0 unspecified atom stereocenters. The Balaban J connectivity index is 2.64. The Kier molecular flexibility index (Phi) is 2.34. The van der Waals surface area contributed by atoms with Crippen LogP contribution in [-0.2, 0) is 0 Å². The first kappa shape index (κ1) is 6.26. The van der Waals surface area contributed by atoms with Gasteiger partial charge in [0.05, 0.1) is 4.24 Å². The summed E-state index contributed by atoms with van der Waals surface area (Å²) in [6.45, 7) is 2.08. The predicted molar refractivity (Wildman–Crippen MR) is 44.5 cm³/mol. The third kappa shape index (κ3) is 1.52. The molecule has 0 aromatic heterocycles. The van der Waals surface area contributed by atoms with Gasteiger partial charge in [0, 0.05) is 4.91 Å². The molecule has 7 heavy (non-hydrogen) atoms. The average Bonchev–Trinajstić information content (AvgIpc) is 1.91. The highest BCUT2D eigenvalue weighted by atomic mass is 33.5. The smallest absolute Gasteiger partial charge is 0.0589 e. The van der Waals surface area contributed by atoms with E-state index in [9.17, 15) is 0 Å². The van der Waals surface area contributed by atoms with Crippen molar-refractivity contribution in [3.63, 3.8) is 0 Å². The van der Waals surface area contributed by atoms with Crippen molar-refractivity contribution in [2.45, 2.75) is 6.92 Å². The summed E-state index contributed by atoms with van der Waals surface area (Å²) in [6, 6.07) is 0. The van der Waals surface area contributed by atoms with E-state index < -0.39 is 0 Å². The van der Waals surface area contributed by atoms with Gasteiger partial charge in [-0.2, -0.15) is 0 Å². The van der Waals surface area contributed by atoms with E-state index >= 15 is 0 Å². The number of hydrogen-bond donors (Lipinski definition) is 1. The van der Waals surface area contributed by atoms with Gasteiger partial charge in [-0.1, -0.05) is 0 Å². The summed E-state index contributed by atoms with van der Waals surface area (Å²) in [4.78, 5) is 1.33. The van der Waals surface area contributed by atoms with E-state index in [1.54, 1.807) is 31.4 Å². The zero-order valence-electron chi connectivity index (χ0n) is 3.67. The van der Waals surface area contributed by atoms with Crippen molar-refractivity contribution >= 4 is 44.0 Å². The highest BCUT2D eigenvalue weighted by molar-refractivity contribution is 9.12. The summed E-state index contributed by atoms with van der Waals surface area (Å²) in [6.07, 6.45) is 0. The molecule has 0 N–H and O–H groups in total. The second-order valence-corrected chi connectivity index (χ2v) is 5.97. The minimum absolute atomic E-state index is 1.16. The average molecular weight is 168 g/mol. The fourth-order valence-corrected chi connectivity index (χ4v) is 5.33. The van der Waals surface area contributed by atoms with Gasteiger partial charge >= 0.3 is 0 Å². The molecule has 0 spiro atoms. The normalized spacial score (nSPS) is 21.4. The fraction of sp³-hybridized carbons (Fsp3) is 0.333. The van der Waals surface area contributed by atoms with Crippen LogP contribution >= 0.6 is 44.0 Å². The van der Waals surface area contributed by atoms with Crippen LogP contribution in [0.5, 0.6) is 0 Å². The zero-order chi connectivity index (χ0) is 5.28. The first-order chi connectivity index (χ1) is 3.30. The van der Waals surface area contributed by atoms with E-state index in [0.29, 0.717) is 0 Å². The van der Waals surface area contributed by atoms with Gasteiger partial charge in [-0.3, -0.25) is 0 Å². The molecule has 0 fully saturated rings. The first-order valence-corrected chi connectivity index (χ1v) is 5.65. The number of rotatable bonds is 0. The molecule has 0 bridgehead atoms. The molecular weight excluding hydrogens is 164 g/mol. The fourth-order valence-electron chi connectivity index (χ4n) is 0.195. The third-order valence-corrected chi connectivity index (χ3v) is 5.77. The highest BCUT2D eigenvalue weighted by Gasteiger charge is 2.08. The molecule has 1 rings (SSSR count). The third-order valence-electron chi connectivity index (χ3n) is 0.573. The summed E-state index contributed by atoms with van der Waals surface area (Å²) in [5.41, 5.74) is 0. The Hall–Kier alpha value is 1.14. The van der Waals surface area contributed by atoms with Gasteiger partial charge in [-0.25, -0.2) is 0 Å². The monoisotopic (exact) mass is 168 g/mol. The Morgan fingerprint density at radius 1 is 1.43 bits per heavy atom. The van der Waals surface area contributed by atoms with Crippen LogP contribution in [0.25, 0.3) is 0 Å². The van der Waals surface area contributed by atoms with Crippen LogP contribution in [0.15, 0.2) is 9.14 Å².